The molecule has 2 aromatic carbocycles. The van der Waals surface area contributed by atoms with E-state index < -0.39 is 0 Å². The van der Waals surface area contributed by atoms with E-state index in [1.54, 1.807) is 0 Å². The van der Waals surface area contributed by atoms with E-state index in [0.29, 0.717) is 5.92 Å². The predicted molar refractivity (Wildman–Crippen MR) is 81.0 cm³/mol. The first kappa shape index (κ1) is 11.1. The van der Waals surface area contributed by atoms with Gasteiger partial charge in [0.2, 0.25) is 0 Å². The molecule has 1 unspecified atom stereocenters. The van der Waals surface area contributed by atoms with Crippen molar-refractivity contribution in [3.8, 4) is 0 Å². The third-order valence-corrected chi connectivity index (χ3v) is 4.90. The number of fused-ring (bicyclic) bond motifs is 3. The third-order valence-electron chi connectivity index (χ3n) is 3.67. The lowest BCUT2D eigenvalue weighted by molar-refractivity contribution is 0.781. The lowest BCUT2D eigenvalue weighted by atomic mass is 9.98. The van der Waals surface area contributed by atoms with E-state index in [9.17, 15) is 0 Å². The Bertz CT molecular complexity index is 636. The normalized spacial score (nSPS) is 20.7. The third kappa shape index (κ3) is 1.85. The standard InChI is InChI=1S/C16H14N2S/c1-2-6-13(7-3-1)18-10-12-11-19-15-9-5-4-8-14(15)16(12)17-18/h1-9,12H,10-11H2. The minimum absolute atomic E-state index is 0.556. The highest BCUT2D eigenvalue weighted by Gasteiger charge is 2.32. The Morgan fingerprint density at radius 3 is 2.68 bits per heavy atom. The van der Waals surface area contributed by atoms with Crippen LogP contribution < -0.4 is 5.01 Å². The van der Waals surface area contributed by atoms with E-state index in [4.69, 9.17) is 5.10 Å². The molecule has 2 heterocycles. The molecule has 2 aromatic rings. The fraction of sp³-hybridized carbons (Fsp3) is 0.188. The molecule has 0 spiro atoms. The Morgan fingerprint density at radius 1 is 1.00 bits per heavy atom. The van der Waals surface area contributed by atoms with Crippen LogP contribution in [0.25, 0.3) is 0 Å². The van der Waals surface area contributed by atoms with Crippen molar-refractivity contribution >= 4 is 23.2 Å². The van der Waals surface area contributed by atoms with E-state index in [1.165, 1.54) is 21.9 Å². The molecular formula is C16H14N2S. The smallest absolute Gasteiger partial charge is 0.0750 e. The molecule has 4 rings (SSSR count). The summed E-state index contributed by atoms with van der Waals surface area (Å²) in [5, 5.41) is 7.00. The number of anilines is 1. The topological polar surface area (TPSA) is 15.6 Å². The molecule has 0 saturated heterocycles. The summed E-state index contributed by atoms with van der Waals surface area (Å²) in [5.74, 6) is 1.69. The van der Waals surface area contributed by atoms with Crippen molar-refractivity contribution in [3.63, 3.8) is 0 Å². The molecule has 2 aliphatic rings. The van der Waals surface area contributed by atoms with Crippen LogP contribution in [0.5, 0.6) is 0 Å². The zero-order valence-corrected chi connectivity index (χ0v) is 11.3. The van der Waals surface area contributed by atoms with E-state index in [-0.39, 0.29) is 0 Å². The van der Waals surface area contributed by atoms with Crippen molar-refractivity contribution in [2.45, 2.75) is 4.90 Å². The summed E-state index contributed by atoms with van der Waals surface area (Å²) >= 11 is 1.95. The average Bonchev–Trinajstić information content (AvgIpc) is 2.93. The van der Waals surface area contributed by atoms with Crippen molar-refractivity contribution < 1.29 is 0 Å². The van der Waals surface area contributed by atoms with Gasteiger partial charge in [-0.3, -0.25) is 5.01 Å². The van der Waals surface area contributed by atoms with Crippen molar-refractivity contribution in [1.29, 1.82) is 0 Å². The van der Waals surface area contributed by atoms with E-state index in [1.807, 2.05) is 17.8 Å². The zero-order chi connectivity index (χ0) is 12.7. The second-order valence-electron chi connectivity index (χ2n) is 4.91. The monoisotopic (exact) mass is 266 g/mol. The maximum absolute atomic E-state index is 4.86. The quantitative estimate of drug-likeness (QED) is 0.783. The Balaban J connectivity index is 1.75. The molecule has 0 fully saturated rings. The van der Waals surface area contributed by atoms with Crippen molar-refractivity contribution in [3.05, 3.63) is 60.2 Å². The number of hydrogen-bond acceptors (Lipinski definition) is 3. The van der Waals surface area contributed by atoms with Gasteiger partial charge in [-0.1, -0.05) is 36.4 Å². The first-order chi connectivity index (χ1) is 9.42. The molecule has 3 heteroatoms. The average molecular weight is 266 g/mol. The summed E-state index contributed by atoms with van der Waals surface area (Å²) in [4.78, 5) is 1.37. The van der Waals surface area contributed by atoms with Crippen LogP contribution >= 0.6 is 11.8 Å². The highest BCUT2D eigenvalue weighted by molar-refractivity contribution is 7.99. The molecule has 19 heavy (non-hydrogen) atoms. The number of thioether (sulfide) groups is 1. The van der Waals surface area contributed by atoms with Crippen LogP contribution in [0.1, 0.15) is 5.56 Å². The molecule has 0 aliphatic carbocycles. The van der Waals surface area contributed by atoms with Crippen LogP contribution in [0.3, 0.4) is 0 Å². The van der Waals surface area contributed by atoms with Gasteiger partial charge < -0.3 is 0 Å². The van der Waals surface area contributed by atoms with Gasteiger partial charge in [-0.25, -0.2) is 0 Å². The van der Waals surface area contributed by atoms with Crippen molar-refractivity contribution in [2.75, 3.05) is 17.3 Å². The highest BCUT2D eigenvalue weighted by atomic mass is 32.2. The molecule has 1 atom stereocenters. The summed E-state index contributed by atoms with van der Waals surface area (Å²) in [6, 6.07) is 19.0. The fourth-order valence-electron chi connectivity index (χ4n) is 2.71. The Morgan fingerprint density at radius 2 is 1.79 bits per heavy atom. The molecule has 2 aliphatic heterocycles. The molecule has 0 amide bonds. The molecule has 2 nitrogen and oxygen atoms in total. The van der Waals surface area contributed by atoms with Gasteiger partial charge in [-0.2, -0.15) is 5.10 Å². The summed E-state index contributed by atoms with van der Waals surface area (Å²) in [6.07, 6.45) is 0. The minimum Gasteiger partial charge on any atom is -0.265 e. The van der Waals surface area contributed by atoms with E-state index in [2.05, 4.69) is 53.5 Å². The molecular weight excluding hydrogens is 252 g/mol. The lowest BCUT2D eigenvalue weighted by Gasteiger charge is -2.20. The van der Waals surface area contributed by atoms with Gasteiger partial charge in [-0.15, -0.1) is 11.8 Å². The van der Waals surface area contributed by atoms with E-state index in [0.717, 1.165) is 12.3 Å². The summed E-state index contributed by atoms with van der Waals surface area (Å²) in [7, 11) is 0. The summed E-state index contributed by atoms with van der Waals surface area (Å²) < 4.78 is 0. The predicted octanol–water partition coefficient (Wildman–Crippen LogP) is 3.63. The SMILES string of the molecule is c1ccc(N2CC3CSc4ccccc4C3=N2)cc1. The van der Waals surface area contributed by atoms with E-state index >= 15 is 0 Å². The number of rotatable bonds is 1. The van der Waals surface area contributed by atoms with Crippen LogP contribution in [0.2, 0.25) is 0 Å². The van der Waals surface area contributed by atoms with Crippen LogP contribution in [0.15, 0.2) is 64.6 Å². The van der Waals surface area contributed by atoms with Crippen molar-refractivity contribution in [1.82, 2.24) is 0 Å². The second-order valence-corrected chi connectivity index (χ2v) is 5.97. The number of benzene rings is 2. The van der Waals surface area contributed by atoms with Crippen LogP contribution in [-0.4, -0.2) is 18.0 Å². The van der Waals surface area contributed by atoms with Gasteiger partial charge in [0, 0.05) is 22.1 Å². The zero-order valence-electron chi connectivity index (χ0n) is 10.5. The Kier molecular flexibility index (Phi) is 2.59. The van der Waals surface area contributed by atoms with Gasteiger partial charge in [0.25, 0.3) is 0 Å². The van der Waals surface area contributed by atoms with Gasteiger partial charge in [0.05, 0.1) is 17.9 Å². The Labute approximate surface area is 117 Å². The van der Waals surface area contributed by atoms with Crippen LogP contribution in [0.4, 0.5) is 5.69 Å². The molecule has 0 bridgehead atoms. The number of hydrazone groups is 1. The van der Waals surface area contributed by atoms with Crippen LogP contribution in [0, 0.1) is 5.92 Å². The molecule has 0 N–H and O–H groups in total. The van der Waals surface area contributed by atoms with Crippen molar-refractivity contribution in [2.24, 2.45) is 11.0 Å². The van der Waals surface area contributed by atoms with Gasteiger partial charge >= 0.3 is 0 Å². The van der Waals surface area contributed by atoms with Crippen LogP contribution in [-0.2, 0) is 0 Å². The molecule has 94 valence electrons. The van der Waals surface area contributed by atoms with Gasteiger partial charge in [0.1, 0.15) is 0 Å². The summed E-state index contributed by atoms with van der Waals surface area (Å²) in [5.41, 5.74) is 3.77. The number of hydrogen-bond donors (Lipinski definition) is 0. The first-order valence-corrected chi connectivity index (χ1v) is 7.54. The van der Waals surface area contributed by atoms with Gasteiger partial charge in [0.15, 0.2) is 0 Å². The lowest BCUT2D eigenvalue weighted by Crippen LogP contribution is -2.24. The second kappa shape index (κ2) is 4.42. The molecule has 0 aromatic heterocycles. The maximum atomic E-state index is 4.86. The highest BCUT2D eigenvalue weighted by Crippen LogP contribution is 2.37. The largest absolute Gasteiger partial charge is 0.265 e. The number of para-hydroxylation sites is 1. The molecule has 0 radical (unpaired) electrons. The number of nitrogens with zero attached hydrogens (tertiary/aromatic N) is 2. The van der Waals surface area contributed by atoms with Gasteiger partial charge in [-0.05, 0) is 18.2 Å². The maximum Gasteiger partial charge on any atom is 0.0750 e. The minimum atomic E-state index is 0.556. The fourth-order valence-corrected chi connectivity index (χ4v) is 3.86. The summed E-state index contributed by atoms with van der Waals surface area (Å²) in [6.45, 7) is 1.00. The Hall–Kier alpha value is -1.74. The first-order valence-electron chi connectivity index (χ1n) is 6.55. The molecule has 0 saturated carbocycles.